The average Bonchev–Trinajstić information content (AvgIpc) is 2.97. The minimum absolute atomic E-state index is 0.163. The molecule has 5 rings (SSSR count). The molecule has 2 heterocycles. The Morgan fingerprint density at radius 3 is 2.45 bits per heavy atom. The van der Waals surface area contributed by atoms with E-state index >= 15 is 0 Å². The predicted octanol–water partition coefficient (Wildman–Crippen LogP) is 5.60. The van der Waals surface area contributed by atoms with E-state index in [4.69, 9.17) is 0 Å². The highest BCUT2D eigenvalue weighted by Gasteiger charge is 2.31. The van der Waals surface area contributed by atoms with Gasteiger partial charge in [0.05, 0.1) is 5.69 Å². The third-order valence-corrected chi connectivity index (χ3v) is 7.18. The van der Waals surface area contributed by atoms with Crippen molar-refractivity contribution in [1.82, 2.24) is 4.90 Å². The second-order valence-corrected chi connectivity index (χ2v) is 9.89. The number of benzene rings is 3. The number of nitrogens with zero attached hydrogens (tertiary/aromatic N) is 3. The summed E-state index contributed by atoms with van der Waals surface area (Å²) in [4.78, 5) is 20.3. The molecule has 0 bridgehead atoms. The van der Waals surface area contributed by atoms with E-state index < -0.39 is 0 Å². The van der Waals surface area contributed by atoms with Crippen LogP contribution >= 0.6 is 0 Å². The molecule has 1 fully saturated rings. The van der Waals surface area contributed by atoms with Crippen molar-refractivity contribution in [3.8, 4) is 0 Å². The molecule has 4 nitrogen and oxygen atoms in total. The summed E-state index contributed by atoms with van der Waals surface area (Å²) in [5.74, 6) is 0.745. The fraction of sp³-hybridized carbons (Fsp3) is 0.414. The summed E-state index contributed by atoms with van der Waals surface area (Å²) >= 11 is 0. The Morgan fingerprint density at radius 1 is 0.818 bits per heavy atom. The quantitative estimate of drug-likeness (QED) is 0.477. The largest absolute Gasteiger partial charge is 0.370 e. The first-order valence-electron chi connectivity index (χ1n) is 12.5. The van der Waals surface area contributed by atoms with E-state index in [1.807, 2.05) is 11.0 Å². The van der Waals surface area contributed by atoms with Crippen LogP contribution in [-0.2, 0) is 6.42 Å². The summed E-state index contributed by atoms with van der Waals surface area (Å²) in [7, 11) is 0. The molecule has 1 saturated heterocycles. The molecule has 0 saturated carbocycles. The van der Waals surface area contributed by atoms with E-state index in [0.717, 1.165) is 75.2 Å². The number of anilines is 2. The van der Waals surface area contributed by atoms with Crippen LogP contribution in [0.4, 0.5) is 11.4 Å². The van der Waals surface area contributed by atoms with Crippen molar-refractivity contribution in [2.75, 3.05) is 49.1 Å². The SMILES string of the molecule is CC(C)CCN1C(=O)c2cccc3c(N4CCCN(CCc5ccccc5)CC4)ccc1c23. The molecule has 33 heavy (non-hydrogen) atoms. The topological polar surface area (TPSA) is 26.8 Å². The van der Waals surface area contributed by atoms with E-state index in [1.54, 1.807) is 0 Å². The van der Waals surface area contributed by atoms with Crippen molar-refractivity contribution < 1.29 is 4.79 Å². The van der Waals surface area contributed by atoms with Gasteiger partial charge in [-0.15, -0.1) is 0 Å². The number of hydrogen-bond donors (Lipinski definition) is 0. The highest BCUT2D eigenvalue weighted by molar-refractivity contribution is 6.26. The molecule has 1 amide bonds. The van der Waals surface area contributed by atoms with Crippen molar-refractivity contribution in [3.05, 3.63) is 71.8 Å². The molecule has 2 aliphatic heterocycles. The minimum atomic E-state index is 0.163. The van der Waals surface area contributed by atoms with Gasteiger partial charge in [-0.2, -0.15) is 0 Å². The Balaban J connectivity index is 1.34. The Morgan fingerprint density at radius 2 is 1.64 bits per heavy atom. The summed E-state index contributed by atoms with van der Waals surface area (Å²) in [6, 6.07) is 21.5. The maximum absolute atomic E-state index is 13.2. The lowest BCUT2D eigenvalue weighted by Crippen LogP contribution is -2.32. The van der Waals surface area contributed by atoms with Crippen LogP contribution in [0.1, 0.15) is 42.6 Å². The predicted molar refractivity (Wildman–Crippen MR) is 138 cm³/mol. The molecular formula is C29H35N3O. The average molecular weight is 442 g/mol. The zero-order chi connectivity index (χ0) is 22.8. The van der Waals surface area contributed by atoms with E-state index in [0.29, 0.717) is 5.92 Å². The zero-order valence-corrected chi connectivity index (χ0v) is 20.0. The fourth-order valence-corrected chi connectivity index (χ4v) is 5.28. The smallest absolute Gasteiger partial charge is 0.258 e. The molecule has 0 atom stereocenters. The third-order valence-electron chi connectivity index (χ3n) is 7.18. The van der Waals surface area contributed by atoms with Crippen LogP contribution in [0.3, 0.4) is 0 Å². The van der Waals surface area contributed by atoms with Gasteiger partial charge in [-0.3, -0.25) is 4.79 Å². The number of hydrogen-bond acceptors (Lipinski definition) is 3. The van der Waals surface area contributed by atoms with E-state index in [-0.39, 0.29) is 5.91 Å². The van der Waals surface area contributed by atoms with Crippen LogP contribution in [0.5, 0.6) is 0 Å². The first-order chi connectivity index (χ1) is 16.1. The van der Waals surface area contributed by atoms with Crippen molar-refractivity contribution in [1.29, 1.82) is 0 Å². The molecule has 2 aliphatic rings. The Bertz CT molecular complexity index is 1120. The first-order valence-corrected chi connectivity index (χ1v) is 12.5. The molecule has 172 valence electrons. The molecule has 0 spiro atoms. The molecule has 3 aromatic carbocycles. The third kappa shape index (κ3) is 4.49. The summed E-state index contributed by atoms with van der Waals surface area (Å²) in [6.45, 7) is 10.6. The highest BCUT2D eigenvalue weighted by atomic mass is 16.2. The number of carbonyl (C=O) groups is 1. The van der Waals surface area contributed by atoms with Crippen molar-refractivity contribution in [3.63, 3.8) is 0 Å². The van der Waals surface area contributed by atoms with Gasteiger partial charge in [-0.25, -0.2) is 0 Å². The fourth-order valence-electron chi connectivity index (χ4n) is 5.28. The van der Waals surface area contributed by atoms with Gasteiger partial charge in [0.25, 0.3) is 5.91 Å². The van der Waals surface area contributed by atoms with Gasteiger partial charge in [0.2, 0.25) is 0 Å². The maximum atomic E-state index is 13.2. The second-order valence-electron chi connectivity index (χ2n) is 9.89. The van der Waals surface area contributed by atoms with Crippen molar-refractivity contribution in [2.24, 2.45) is 5.92 Å². The summed E-state index contributed by atoms with van der Waals surface area (Å²) in [5, 5.41) is 2.37. The zero-order valence-electron chi connectivity index (χ0n) is 20.0. The Hall–Kier alpha value is -2.85. The molecule has 3 aromatic rings. The summed E-state index contributed by atoms with van der Waals surface area (Å²) in [5.41, 5.74) is 4.65. The van der Waals surface area contributed by atoms with Gasteiger partial charge < -0.3 is 14.7 Å². The number of amides is 1. The lowest BCUT2D eigenvalue weighted by molar-refractivity contribution is 0.0992. The van der Waals surface area contributed by atoms with Crippen molar-refractivity contribution >= 4 is 28.1 Å². The lowest BCUT2D eigenvalue weighted by Gasteiger charge is -2.26. The van der Waals surface area contributed by atoms with Crippen LogP contribution in [0.25, 0.3) is 10.8 Å². The molecular weight excluding hydrogens is 406 g/mol. The standard InChI is InChI=1S/C29H35N3O/c1-22(2)14-19-32-27-13-12-26(24-10-6-11-25(28(24)27)29(32)33)31-17-7-16-30(20-21-31)18-15-23-8-4-3-5-9-23/h3-6,8-13,22H,7,14-21H2,1-2H3. The number of carbonyl (C=O) groups excluding carboxylic acids is 1. The normalized spacial score (nSPS) is 16.8. The second kappa shape index (κ2) is 9.56. The summed E-state index contributed by atoms with van der Waals surface area (Å²) in [6.07, 6.45) is 3.29. The molecule has 4 heteroatoms. The van der Waals surface area contributed by atoms with E-state index in [2.05, 4.69) is 78.2 Å². The van der Waals surface area contributed by atoms with Gasteiger partial charge in [0.1, 0.15) is 0 Å². The molecule has 0 N–H and O–H groups in total. The van der Waals surface area contributed by atoms with Crippen LogP contribution in [-0.4, -0.2) is 50.1 Å². The van der Waals surface area contributed by atoms with Crippen molar-refractivity contribution in [2.45, 2.75) is 33.1 Å². The molecule has 0 aromatic heterocycles. The van der Waals surface area contributed by atoms with Gasteiger partial charge in [-0.1, -0.05) is 56.3 Å². The van der Waals surface area contributed by atoms with E-state index in [9.17, 15) is 4.79 Å². The van der Waals surface area contributed by atoms with Crippen LogP contribution < -0.4 is 9.80 Å². The van der Waals surface area contributed by atoms with Gasteiger partial charge in [0.15, 0.2) is 0 Å². The Kier molecular flexibility index (Phi) is 6.37. The molecule has 0 radical (unpaired) electrons. The van der Waals surface area contributed by atoms with Gasteiger partial charge in [0, 0.05) is 54.7 Å². The number of rotatable bonds is 7. The van der Waals surface area contributed by atoms with Gasteiger partial charge >= 0.3 is 0 Å². The minimum Gasteiger partial charge on any atom is -0.370 e. The van der Waals surface area contributed by atoms with E-state index in [1.165, 1.54) is 16.6 Å². The Labute approximate surface area is 197 Å². The van der Waals surface area contributed by atoms with Crippen LogP contribution in [0, 0.1) is 5.92 Å². The summed E-state index contributed by atoms with van der Waals surface area (Å²) < 4.78 is 0. The monoisotopic (exact) mass is 441 g/mol. The van der Waals surface area contributed by atoms with Gasteiger partial charge in [-0.05, 0) is 55.5 Å². The molecule has 0 unspecified atom stereocenters. The lowest BCUT2D eigenvalue weighted by atomic mass is 10.0. The first kappa shape index (κ1) is 22.0. The molecule has 0 aliphatic carbocycles. The maximum Gasteiger partial charge on any atom is 0.258 e. The van der Waals surface area contributed by atoms with Crippen LogP contribution in [0.15, 0.2) is 60.7 Å². The highest BCUT2D eigenvalue weighted by Crippen LogP contribution is 2.42. The van der Waals surface area contributed by atoms with Crippen LogP contribution in [0.2, 0.25) is 0 Å².